The standard InChI is InChI=1S/C25H24N2O3/c1-17-24(20-10-6-7-11-21(20)27-17)25(28)26-15-19-12-13-22(23(14-19)29-2)30-16-18-8-4-3-5-9-18/h3-14,27H,15-16H2,1-2H3,(H,26,28). The van der Waals surface area contributed by atoms with Gasteiger partial charge in [-0.3, -0.25) is 4.79 Å². The highest BCUT2D eigenvalue weighted by Crippen LogP contribution is 2.29. The molecule has 5 heteroatoms. The lowest BCUT2D eigenvalue weighted by atomic mass is 10.1. The summed E-state index contributed by atoms with van der Waals surface area (Å²) in [6.07, 6.45) is 0. The van der Waals surface area contributed by atoms with Gasteiger partial charge in [-0.25, -0.2) is 0 Å². The minimum absolute atomic E-state index is 0.103. The van der Waals surface area contributed by atoms with Crippen molar-refractivity contribution >= 4 is 16.8 Å². The van der Waals surface area contributed by atoms with Crippen molar-refractivity contribution in [3.8, 4) is 11.5 Å². The number of ether oxygens (including phenoxy) is 2. The van der Waals surface area contributed by atoms with Crippen molar-refractivity contribution in [2.45, 2.75) is 20.1 Å². The first-order valence-electron chi connectivity index (χ1n) is 9.85. The van der Waals surface area contributed by atoms with E-state index in [1.54, 1.807) is 7.11 Å². The van der Waals surface area contributed by atoms with Crippen LogP contribution in [0, 0.1) is 6.92 Å². The van der Waals surface area contributed by atoms with Gasteiger partial charge in [-0.1, -0.05) is 54.6 Å². The molecule has 0 spiro atoms. The molecule has 0 aliphatic carbocycles. The molecule has 4 rings (SSSR count). The molecule has 0 bridgehead atoms. The Morgan fingerprint density at radius 1 is 0.933 bits per heavy atom. The zero-order valence-corrected chi connectivity index (χ0v) is 17.1. The van der Waals surface area contributed by atoms with E-state index >= 15 is 0 Å². The van der Waals surface area contributed by atoms with Gasteiger partial charge in [0, 0.05) is 23.1 Å². The minimum Gasteiger partial charge on any atom is -0.493 e. The number of nitrogens with one attached hydrogen (secondary N) is 2. The predicted molar refractivity (Wildman–Crippen MR) is 118 cm³/mol. The average Bonchev–Trinajstić information content (AvgIpc) is 3.12. The number of hydrogen-bond acceptors (Lipinski definition) is 3. The molecule has 0 aliphatic heterocycles. The number of para-hydroxylation sites is 1. The van der Waals surface area contributed by atoms with Gasteiger partial charge in [0.1, 0.15) is 6.61 Å². The Bertz CT molecular complexity index is 1170. The van der Waals surface area contributed by atoms with E-state index in [4.69, 9.17) is 9.47 Å². The van der Waals surface area contributed by atoms with Crippen LogP contribution < -0.4 is 14.8 Å². The van der Waals surface area contributed by atoms with Crippen LogP contribution in [0.4, 0.5) is 0 Å². The van der Waals surface area contributed by atoms with Crippen molar-refractivity contribution in [3.05, 3.63) is 95.2 Å². The third kappa shape index (κ3) is 4.15. The number of aromatic nitrogens is 1. The van der Waals surface area contributed by atoms with Gasteiger partial charge >= 0.3 is 0 Å². The molecular formula is C25H24N2O3. The molecule has 5 nitrogen and oxygen atoms in total. The first kappa shape index (κ1) is 19.6. The molecule has 0 radical (unpaired) electrons. The molecular weight excluding hydrogens is 376 g/mol. The van der Waals surface area contributed by atoms with Gasteiger partial charge < -0.3 is 19.8 Å². The Morgan fingerprint density at radius 2 is 1.70 bits per heavy atom. The highest BCUT2D eigenvalue weighted by Gasteiger charge is 2.15. The number of carbonyl (C=O) groups is 1. The van der Waals surface area contributed by atoms with Crippen LogP contribution in [-0.4, -0.2) is 18.0 Å². The lowest BCUT2D eigenvalue weighted by Gasteiger charge is -2.13. The molecule has 2 N–H and O–H groups in total. The maximum atomic E-state index is 12.8. The number of aromatic amines is 1. The van der Waals surface area contributed by atoms with Crippen LogP contribution in [0.15, 0.2) is 72.8 Å². The molecule has 152 valence electrons. The fourth-order valence-corrected chi connectivity index (χ4v) is 3.52. The second-order valence-corrected chi connectivity index (χ2v) is 7.11. The summed E-state index contributed by atoms with van der Waals surface area (Å²) in [5, 5.41) is 3.93. The van der Waals surface area contributed by atoms with Crippen LogP contribution in [0.2, 0.25) is 0 Å². The maximum Gasteiger partial charge on any atom is 0.253 e. The number of methoxy groups -OCH3 is 1. The molecule has 4 aromatic rings. The summed E-state index contributed by atoms with van der Waals surface area (Å²) in [7, 11) is 1.61. The van der Waals surface area contributed by atoms with E-state index in [1.165, 1.54) is 0 Å². The van der Waals surface area contributed by atoms with Crippen LogP contribution in [0.5, 0.6) is 11.5 Å². The van der Waals surface area contributed by atoms with Gasteiger partial charge in [-0.15, -0.1) is 0 Å². The summed E-state index contributed by atoms with van der Waals surface area (Å²) in [5.41, 5.74) is 4.52. The minimum atomic E-state index is -0.103. The third-order valence-corrected chi connectivity index (χ3v) is 5.04. The number of amides is 1. The summed E-state index contributed by atoms with van der Waals surface area (Å²) < 4.78 is 11.4. The number of rotatable bonds is 7. The van der Waals surface area contributed by atoms with Gasteiger partial charge in [0.25, 0.3) is 5.91 Å². The highest BCUT2D eigenvalue weighted by molar-refractivity contribution is 6.08. The van der Waals surface area contributed by atoms with Crippen LogP contribution in [0.25, 0.3) is 10.9 Å². The van der Waals surface area contributed by atoms with Crippen molar-refractivity contribution in [1.29, 1.82) is 0 Å². The van der Waals surface area contributed by atoms with Crippen molar-refractivity contribution in [2.75, 3.05) is 7.11 Å². The van der Waals surface area contributed by atoms with Gasteiger partial charge in [-0.2, -0.15) is 0 Å². The topological polar surface area (TPSA) is 63.3 Å². The molecule has 0 saturated heterocycles. The monoisotopic (exact) mass is 400 g/mol. The second kappa shape index (κ2) is 8.74. The molecule has 0 aliphatic rings. The van der Waals surface area contributed by atoms with E-state index in [-0.39, 0.29) is 5.91 Å². The van der Waals surface area contributed by atoms with Crippen molar-refractivity contribution in [3.63, 3.8) is 0 Å². The highest BCUT2D eigenvalue weighted by atomic mass is 16.5. The number of fused-ring (bicyclic) bond motifs is 1. The fraction of sp³-hybridized carbons (Fsp3) is 0.160. The smallest absolute Gasteiger partial charge is 0.253 e. The van der Waals surface area contributed by atoms with Crippen LogP contribution in [-0.2, 0) is 13.2 Å². The molecule has 30 heavy (non-hydrogen) atoms. The third-order valence-electron chi connectivity index (χ3n) is 5.04. The molecule has 0 fully saturated rings. The largest absolute Gasteiger partial charge is 0.493 e. The predicted octanol–water partition coefficient (Wildman–Crippen LogP) is 4.99. The van der Waals surface area contributed by atoms with Crippen LogP contribution >= 0.6 is 0 Å². The molecule has 1 aromatic heterocycles. The Morgan fingerprint density at radius 3 is 2.50 bits per heavy atom. The molecule has 0 atom stereocenters. The van der Waals surface area contributed by atoms with E-state index in [9.17, 15) is 4.79 Å². The molecule has 1 heterocycles. The molecule has 1 amide bonds. The average molecular weight is 400 g/mol. The molecule has 0 saturated carbocycles. The first-order chi connectivity index (χ1) is 14.7. The quantitative estimate of drug-likeness (QED) is 0.459. The van der Waals surface area contributed by atoms with Gasteiger partial charge in [0.2, 0.25) is 0 Å². The number of H-pyrrole nitrogens is 1. The van der Waals surface area contributed by atoms with Crippen molar-refractivity contribution in [1.82, 2.24) is 10.3 Å². The van der Waals surface area contributed by atoms with E-state index in [2.05, 4.69) is 10.3 Å². The normalized spacial score (nSPS) is 10.7. The zero-order chi connectivity index (χ0) is 20.9. The summed E-state index contributed by atoms with van der Waals surface area (Å²) in [5.74, 6) is 1.21. The summed E-state index contributed by atoms with van der Waals surface area (Å²) in [6.45, 7) is 2.77. The number of aryl methyl sites for hydroxylation is 1. The Hall–Kier alpha value is -3.73. The lowest BCUT2D eigenvalue weighted by Crippen LogP contribution is -2.23. The Labute approximate surface area is 175 Å². The molecule has 3 aromatic carbocycles. The molecule has 0 unspecified atom stereocenters. The van der Waals surface area contributed by atoms with E-state index < -0.39 is 0 Å². The number of hydrogen-bond donors (Lipinski definition) is 2. The zero-order valence-electron chi connectivity index (χ0n) is 17.1. The SMILES string of the molecule is COc1cc(CNC(=O)c2c(C)[nH]c3ccccc23)ccc1OCc1ccccc1. The lowest BCUT2D eigenvalue weighted by molar-refractivity contribution is 0.0952. The summed E-state index contributed by atoms with van der Waals surface area (Å²) in [6, 6.07) is 23.5. The van der Waals surface area contributed by atoms with E-state index in [1.807, 2.05) is 79.7 Å². The van der Waals surface area contributed by atoms with E-state index in [0.29, 0.717) is 30.2 Å². The van der Waals surface area contributed by atoms with Gasteiger partial charge in [0.15, 0.2) is 11.5 Å². The van der Waals surface area contributed by atoms with Crippen molar-refractivity contribution < 1.29 is 14.3 Å². The summed E-state index contributed by atoms with van der Waals surface area (Å²) in [4.78, 5) is 16.1. The van der Waals surface area contributed by atoms with Gasteiger partial charge in [0.05, 0.1) is 12.7 Å². The van der Waals surface area contributed by atoms with Crippen LogP contribution in [0.3, 0.4) is 0 Å². The van der Waals surface area contributed by atoms with Gasteiger partial charge in [-0.05, 0) is 36.2 Å². The van der Waals surface area contributed by atoms with Crippen molar-refractivity contribution in [2.24, 2.45) is 0 Å². The van der Waals surface area contributed by atoms with Crippen LogP contribution in [0.1, 0.15) is 27.2 Å². The Balaban J connectivity index is 1.44. The summed E-state index contributed by atoms with van der Waals surface area (Å²) >= 11 is 0. The maximum absolute atomic E-state index is 12.8. The second-order valence-electron chi connectivity index (χ2n) is 7.11. The number of benzene rings is 3. The number of carbonyl (C=O) groups excluding carboxylic acids is 1. The Kier molecular flexibility index (Phi) is 5.70. The van der Waals surface area contributed by atoms with E-state index in [0.717, 1.165) is 27.7 Å². The first-order valence-corrected chi connectivity index (χ1v) is 9.85. The fourth-order valence-electron chi connectivity index (χ4n) is 3.52.